The van der Waals surface area contributed by atoms with Crippen LogP contribution < -0.4 is 15.2 Å². The standard InChI is InChI=1S/C16H18BrNO2/c1-12(18)13-3-2-4-16(11-13)20-10-9-19-15-7-5-14(17)6-8-15/h2-8,11-12H,9-10,18H2,1H3. The average molecular weight is 336 g/mol. The van der Waals surface area contributed by atoms with Gasteiger partial charge in [0.1, 0.15) is 24.7 Å². The lowest BCUT2D eigenvalue weighted by Crippen LogP contribution is -2.10. The third-order valence-electron chi connectivity index (χ3n) is 2.82. The van der Waals surface area contributed by atoms with Crippen molar-refractivity contribution in [2.24, 2.45) is 5.73 Å². The molecule has 2 rings (SSSR count). The van der Waals surface area contributed by atoms with Gasteiger partial charge in [-0.1, -0.05) is 28.1 Å². The van der Waals surface area contributed by atoms with Crippen LogP contribution in [-0.2, 0) is 0 Å². The van der Waals surface area contributed by atoms with Crippen molar-refractivity contribution in [1.29, 1.82) is 0 Å². The summed E-state index contributed by atoms with van der Waals surface area (Å²) in [5.74, 6) is 1.65. The normalized spacial score (nSPS) is 11.9. The van der Waals surface area contributed by atoms with Crippen molar-refractivity contribution in [3.8, 4) is 11.5 Å². The average Bonchev–Trinajstić information content (AvgIpc) is 2.46. The zero-order valence-electron chi connectivity index (χ0n) is 11.4. The van der Waals surface area contributed by atoms with E-state index in [9.17, 15) is 0 Å². The molecule has 3 nitrogen and oxygen atoms in total. The van der Waals surface area contributed by atoms with Crippen LogP contribution in [0.15, 0.2) is 53.0 Å². The minimum absolute atomic E-state index is 0.0116. The van der Waals surface area contributed by atoms with Gasteiger partial charge in [0.15, 0.2) is 0 Å². The van der Waals surface area contributed by atoms with Gasteiger partial charge in [-0.3, -0.25) is 0 Å². The van der Waals surface area contributed by atoms with E-state index in [-0.39, 0.29) is 6.04 Å². The van der Waals surface area contributed by atoms with Crippen molar-refractivity contribution in [1.82, 2.24) is 0 Å². The first-order chi connectivity index (χ1) is 9.65. The van der Waals surface area contributed by atoms with Crippen LogP contribution in [0, 0.1) is 0 Å². The SMILES string of the molecule is CC(N)c1cccc(OCCOc2ccc(Br)cc2)c1. The molecular weight excluding hydrogens is 318 g/mol. The first-order valence-corrected chi connectivity index (χ1v) is 7.31. The Morgan fingerprint density at radius 1 is 1.00 bits per heavy atom. The highest BCUT2D eigenvalue weighted by molar-refractivity contribution is 9.10. The van der Waals surface area contributed by atoms with Gasteiger partial charge in [-0.05, 0) is 48.9 Å². The molecule has 2 aromatic carbocycles. The second-order valence-corrected chi connectivity index (χ2v) is 5.43. The van der Waals surface area contributed by atoms with Gasteiger partial charge in [-0.2, -0.15) is 0 Å². The molecule has 20 heavy (non-hydrogen) atoms. The van der Waals surface area contributed by atoms with Crippen molar-refractivity contribution in [3.63, 3.8) is 0 Å². The Morgan fingerprint density at radius 2 is 1.65 bits per heavy atom. The molecule has 0 aliphatic heterocycles. The molecular formula is C16H18BrNO2. The molecule has 0 fully saturated rings. The molecule has 0 saturated heterocycles. The topological polar surface area (TPSA) is 44.5 Å². The Hall–Kier alpha value is -1.52. The fourth-order valence-electron chi connectivity index (χ4n) is 1.74. The van der Waals surface area contributed by atoms with Crippen LogP contribution in [0.1, 0.15) is 18.5 Å². The number of hydrogen-bond donors (Lipinski definition) is 1. The Bertz CT molecular complexity index is 540. The molecule has 1 unspecified atom stereocenters. The van der Waals surface area contributed by atoms with Crippen molar-refractivity contribution in [2.75, 3.05) is 13.2 Å². The summed E-state index contributed by atoms with van der Waals surface area (Å²) in [6.07, 6.45) is 0. The number of benzene rings is 2. The Labute approximate surface area is 127 Å². The second kappa shape index (κ2) is 7.31. The number of hydrogen-bond acceptors (Lipinski definition) is 3. The van der Waals surface area contributed by atoms with Crippen molar-refractivity contribution >= 4 is 15.9 Å². The molecule has 0 bridgehead atoms. The third-order valence-corrected chi connectivity index (χ3v) is 3.35. The summed E-state index contributed by atoms with van der Waals surface area (Å²) < 4.78 is 12.3. The van der Waals surface area contributed by atoms with E-state index in [0.717, 1.165) is 21.5 Å². The maximum atomic E-state index is 5.84. The largest absolute Gasteiger partial charge is 0.490 e. The smallest absolute Gasteiger partial charge is 0.122 e. The van der Waals surface area contributed by atoms with Gasteiger partial charge in [0.25, 0.3) is 0 Å². The van der Waals surface area contributed by atoms with Crippen LogP contribution in [0.2, 0.25) is 0 Å². The van der Waals surface area contributed by atoms with Crippen LogP contribution >= 0.6 is 15.9 Å². The quantitative estimate of drug-likeness (QED) is 0.813. The molecule has 0 radical (unpaired) electrons. The molecule has 0 saturated carbocycles. The predicted octanol–water partition coefficient (Wildman–Crippen LogP) is 3.93. The van der Waals surface area contributed by atoms with E-state index < -0.39 is 0 Å². The van der Waals surface area contributed by atoms with Crippen LogP contribution in [0.25, 0.3) is 0 Å². The zero-order chi connectivity index (χ0) is 14.4. The molecule has 0 aliphatic carbocycles. The predicted molar refractivity (Wildman–Crippen MR) is 84.2 cm³/mol. The molecule has 1 atom stereocenters. The Balaban J connectivity index is 1.78. The van der Waals surface area contributed by atoms with E-state index in [4.69, 9.17) is 15.2 Å². The van der Waals surface area contributed by atoms with Crippen LogP contribution in [0.3, 0.4) is 0 Å². The first kappa shape index (κ1) is 14.9. The number of rotatable bonds is 6. The molecule has 2 aromatic rings. The van der Waals surface area contributed by atoms with Crippen LogP contribution in [0.5, 0.6) is 11.5 Å². The molecule has 0 heterocycles. The minimum atomic E-state index is 0.0116. The highest BCUT2D eigenvalue weighted by atomic mass is 79.9. The van der Waals surface area contributed by atoms with E-state index in [2.05, 4.69) is 15.9 Å². The van der Waals surface area contributed by atoms with Crippen molar-refractivity contribution < 1.29 is 9.47 Å². The fourth-order valence-corrected chi connectivity index (χ4v) is 2.00. The summed E-state index contributed by atoms with van der Waals surface area (Å²) in [5.41, 5.74) is 6.91. The van der Waals surface area contributed by atoms with Gasteiger partial charge in [0.2, 0.25) is 0 Å². The van der Waals surface area contributed by atoms with Crippen molar-refractivity contribution in [2.45, 2.75) is 13.0 Å². The lowest BCUT2D eigenvalue weighted by Gasteiger charge is -2.11. The first-order valence-electron chi connectivity index (χ1n) is 6.52. The van der Waals surface area contributed by atoms with Crippen LogP contribution in [0.4, 0.5) is 0 Å². The van der Waals surface area contributed by atoms with E-state index >= 15 is 0 Å². The molecule has 0 aromatic heterocycles. The maximum Gasteiger partial charge on any atom is 0.122 e. The van der Waals surface area contributed by atoms with Gasteiger partial charge in [-0.15, -0.1) is 0 Å². The summed E-state index contributed by atoms with van der Waals surface area (Å²) in [6, 6.07) is 15.6. The van der Waals surface area contributed by atoms with Crippen molar-refractivity contribution in [3.05, 3.63) is 58.6 Å². The summed E-state index contributed by atoms with van der Waals surface area (Å²) in [7, 11) is 0. The summed E-state index contributed by atoms with van der Waals surface area (Å²) in [5, 5.41) is 0. The number of nitrogens with two attached hydrogens (primary N) is 1. The van der Waals surface area contributed by atoms with Gasteiger partial charge >= 0.3 is 0 Å². The summed E-state index contributed by atoms with van der Waals surface area (Å²) >= 11 is 3.39. The van der Waals surface area contributed by atoms with Gasteiger partial charge < -0.3 is 15.2 Å². The third kappa shape index (κ3) is 4.54. The van der Waals surface area contributed by atoms with Gasteiger partial charge in [0, 0.05) is 10.5 Å². The number of halogens is 1. The maximum absolute atomic E-state index is 5.84. The fraction of sp³-hybridized carbons (Fsp3) is 0.250. The highest BCUT2D eigenvalue weighted by Gasteiger charge is 2.01. The summed E-state index contributed by atoms with van der Waals surface area (Å²) in [4.78, 5) is 0. The molecule has 106 valence electrons. The van der Waals surface area contributed by atoms with E-state index in [1.165, 1.54) is 0 Å². The lowest BCUT2D eigenvalue weighted by molar-refractivity contribution is 0.217. The van der Waals surface area contributed by atoms with E-state index in [0.29, 0.717) is 13.2 Å². The molecule has 0 aliphatic rings. The minimum Gasteiger partial charge on any atom is -0.490 e. The Morgan fingerprint density at radius 3 is 2.30 bits per heavy atom. The molecule has 0 spiro atoms. The van der Waals surface area contributed by atoms with Gasteiger partial charge in [0.05, 0.1) is 0 Å². The van der Waals surface area contributed by atoms with E-state index in [1.807, 2.05) is 55.5 Å². The lowest BCUT2D eigenvalue weighted by atomic mass is 10.1. The molecule has 4 heteroatoms. The highest BCUT2D eigenvalue weighted by Crippen LogP contribution is 2.18. The monoisotopic (exact) mass is 335 g/mol. The van der Waals surface area contributed by atoms with Gasteiger partial charge in [-0.25, -0.2) is 0 Å². The van der Waals surface area contributed by atoms with E-state index in [1.54, 1.807) is 0 Å². The Kier molecular flexibility index (Phi) is 5.44. The summed E-state index contributed by atoms with van der Waals surface area (Å²) in [6.45, 7) is 2.96. The zero-order valence-corrected chi connectivity index (χ0v) is 13.0. The molecule has 0 amide bonds. The second-order valence-electron chi connectivity index (χ2n) is 4.51. The molecule has 2 N–H and O–H groups in total. The number of ether oxygens (including phenoxy) is 2. The van der Waals surface area contributed by atoms with Crippen LogP contribution in [-0.4, -0.2) is 13.2 Å².